The first-order valence-electron chi connectivity index (χ1n) is 46.3. The Morgan fingerprint density at radius 2 is 0.843 bits per heavy atom. The molecule has 4 aromatic carbocycles. The smallest absolute Gasteiger partial charge is 0.275 e. The topological polar surface area (TPSA) is 371 Å². The standard InChI is InChI=1S/C27H33FN6O3.C26H32FN5O3.C25H29FN6O3.C24H28FN5O3/c1-26(2,3)19-14-20(17-8-10-18(28)11-9-17)30-34-15-21(29-23(19)34)24(36)33-13-12-32(16-22(35)31(6)7)25(37)27(33,4)5;1-15(2)20-12-21(18-6-8-19(27)9-7-18)29-32-14-22(28-24(20)32)25(34)31-11-10-30(13-17(31)5)26(35)23(33)16(3)4;1-24(2,23(35)30(5)6)17-13-18(15-7-9-16(26)10-8-15)29-32-14-19(28-20(17)32)21(33)31-12-11-27-22(34)25(31,3)4;1-23(2,14-33-5)17-12-18(15-6-8-16(25)9-7-15)28-30-13-19(27-20(17)30)21(31)29-11-10-26-22(32)24(29,3)4/h8-11,14-15H,12-13,16H2,1-7H3;6-9,12,14-17,23,33H,10-11,13H2,1-5H3;7-10,13-14H,11-12H2,1-6H3,(H,27,34);6-9,12-13H,10-11,14H2,1-5H3,(H,26,32)/t;17-,23?;;/m.1../s1. The predicted octanol–water partition coefficient (Wildman–Crippen LogP) is 11.4. The minimum absolute atomic E-state index is 0.0311. The SMILES string of the molecule is CC(C)c1cc(-c2ccc(F)cc2)nn2cc(C(=O)N3CCN(C(=O)C(O)C(C)C)C[C@H]3C)nc12.CN(C)C(=O)C(C)(C)c1cc(-c2ccc(F)cc2)nn2cc(C(=O)N3CCNC(=O)C3(C)C)nc12.CN(C)C(=O)CN1CCN(C(=O)c2cn3nc(-c4ccc(F)cc4)cc(C(C)(C)C)c3n2)C(C)(C)C1=O.COCC(C)(C)c1cc(-c2ccc(F)cc2)nn2cc(C(=O)N3CCNC(=O)C3(C)C)nc12. The predicted molar refractivity (Wildman–Crippen MR) is 517 cm³/mol. The molecule has 4 aliphatic rings. The maximum absolute atomic E-state index is 13.7. The first-order valence-corrected chi connectivity index (χ1v) is 46.3. The van der Waals surface area contributed by atoms with Crippen LogP contribution in [0.1, 0.15) is 195 Å². The molecule has 12 aromatic rings. The number of piperazine rings is 4. The van der Waals surface area contributed by atoms with Gasteiger partial charge in [-0.05, 0) is 201 Å². The number of halogens is 4. The maximum atomic E-state index is 13.7. The van der Waals surface area contributed by atoms with Crippen molar-refractivity contribution < 1.29 is 75.4 Å². The molecule has 0 spiro atoms. The molecular weight excluding hydrogens is 1800 g/mol. The molecule has 2 atom stereocenters. The highest BCUT2D eigenvalue weighted by atomic mass is 19.1. The Hall–Kier alpha value is -14.3. The maximum Gasteiger partial charge on any atom is 0.275 e. The number of fused-ring (bicyclic) bond motifs is 4. The van der Waals surface area contributed by atoms with E-state index < -0.39 is 39.5 Å². The molecule has 4 saturated heterocycles. The van der Waals surface area contributed by atoms with Gasteiger partial charge in [0.15, 0.2) is 22.6 Å². The first kappa shape index (κ1) is 103. The summed E-state index contributed by atoms with van der Waals surface area (Å²) in [6.45, 7) is 36.9. The summed E-state index contributed by atoms with van der Waals surface area (Å²) in [6, 6.07) is 31.5. The monoisotopic (exact) mass is 1920 g/mol. The number of imidazole rings is 4. The number of likely N-dealkylation sites (N-methyl/N-ethyl adjacent to an activating group) is 2. The molecule has 12 heterocycles. The van der Waals surface area contributed by atoms with E-state index in [1.54, 1.807) is 201 Å². The zero-order chi connectivity index (χ0) is 102. The van der Waals surface area contributed by atoms with Gasteiger partial charge >= 0.3 is 0 Å². The Bertz CT molecular complexity index is 6760. The normalized spacial score (nSPS) is 16.3. The molecule has 3 N–H and O–H groups in total. The van der Waals surface area contributed by atoms with Gasteiger partial charge in [0.1, 0.15) is 68.8 Å². The number of hydrogen-bond donors (Lipinski definition) is 3. The van der Waals surface area contributed by atoms with Crippen molar-refractivity contribution in [3.05, 3.63) is 214 Å². The molecule has 4 aliphatic heterocycles. The quantitative estimate of drug-likeness (QED) is 0.0672. The minimum atomic E-state index is -1.16. The fourth-order valence-electron chi connectivity index (χ4n) is 17.4. The highest BCUT2D eigenvalue weighted by Gasteiger charge is 2.48. The lowest BCUT2D eigenvalue weighted by atomic mass is 9.83. The van der Waals surface area contributed by atoms with E-state index in [4.69, 9.17) is 4.74 Å². The van der Waals surface area contributed by atoms with Gasteiger partial charge in [-0.25, -0.2) is 55.6 Å². The van der Waals surface area contributed by atoms with E-state index in [-0.39, 0.29) is 142 Å². The van der Waals surface area contributed by atoms with Crippen molar-refractivity contribution in [1.82, 2.24) is 108 Å². The molecule has 140 heavy (non-hydrogen) atoms. The summed E-state index contributed by atoms with van der Waals surface area (Å²) in [5, 5.41) is 34.3. The van der Waals surface area contributed by atoms with Gasteiger partial charge in [0, 0.05) is 150 Å². The van der Waals surface area contributed by atoms with Crippen LogP contribution in [0.4, 0.5) is 17.6 Å². The highest BCUT2D eigenvalue weighted by molar-refractivity contribution is 6.02. The van der Waals surface area contributed by atoms with Gasteiger partial charge < -0.3 is 59.7 Å². The lowest BCUT2D eigenvalue weighted by molar-refractivity contribution is -0.150. The molecule has 1 unspecified atom stereocenters. The Balaban J connectivity index is 0.000000157. The first-order chi connectivity index (χ1) is 65.6. The van der Waals surface area contributed by atoms with Crippen LogP contribution in [-0.4, -0.2) is 298 Å². The lowest BCUT2D eigenvalue weighted by Crippen LogP contribution is -2.65. The molecule has 0 saturated carbocycles. The summed E-state index contributed by atoms with van der Waals surface area (Å²) >= 11 is 0. The van der Waals surface area contributed by atoms with Gasteiger partial charge in [-0.15, -0.1) is 0 Å². The van der Waals surface area contributed by atoms with Crippen molar-refractivity contribution in [2.75, 3.05) is 107 Å². The zero-order valence-electron chi connectivity index (χ0n) is 83.3. The average Bonchev–Trinajstić information content (AvgIpc) is 1.59. The second kappa shape index (κ2) is 40.3. The van der Waals surface area contributed by atoms with E-state index in [1.807, 2.05) is 73.6 Å². The summed E-state index contributed by atoms with van der Waals surface area (Å²) in [5.41, 5.74) is 6.42. The van der Waals surface area contributed by atoms with Crippen LogP contribution in [0.25, 0.3) is 67.6 Å². The van der Waals surface area contributed by atoms with Gasteiger partial charge in [0.25, 0.3) is 29.5 Å². The number of aliphatic hydroxyl groups is 1. The van der Waals surface area contributed by atoms with Gasteiger partial charge in [-0.3, -0.25) is 47.9 Å². The molecule has 740 valence electrons. The number of aliphatic hydroxyl groups excluding tert-OH is 1. The molecular formula is C102H122F4N22O12. The number of aromatic nitrogens is 12. The van der Waals surface area contributed by atoms with Gasteiger partial charge in [0.05, 0.1) is 66.1 Å². The number of hydrogen-bond acceptors (Lipinski definition) is 20. The minimum Gasteiger partial charge on any atom is -0.384 e. The summed E-state index contributed by atoms with van der Waals surface area (Å²) in [6.07, 6.45) is 5.25. The number of benzene rings is 4. The third kappa shape index (κ3) is 21.3. The second-order valence-electron chi connectivity index (χ2n) is 40.4. The van der Waals surface area contributed by atoms with E-state index in [2.05, 4.69) is 51.0 Å². The third-order valence-corrected chi connectivity index (χ3v) is 25.9. The van der Waals surface area contributed by atoms with Crippen LogP contribution in [0.5, 0.6) is 0 Å². The van der Waals surface area contributed by atoms with Crippen LogP contribution in [0.3, 0.4) is 0 Å². The number of nitrogens with zero attached hydrogens (tertiary/aromatic N) is 20. The zero-order valence-corrected chi connectivity index (χ0v) is 83.3. The van der Waals surface area contributed by atoms with Gasteiger partial charge in [-0.1, -0.05) is 62.3 Å². The van der Waals surface area contributed by atoms with E-state index in [9.17, 15) is 70.6 Å². The molecule has 4 fully saturated rings. The van der Waals surface area contributed by atoms with Crippen molar-refractivity contribution >= 4 is 81.7 Å². The summed E-state index contributed by atoms with van der Waals surface area (Å²) in [4.78, 5) is 160. The Morgan fingerprint density at radius 1 is 0.479 bits per heavy atom. The van der Waals surface area contributed by atoms with E-state index in [0.29, 0.717) is 109 Å². The summed E-state index contributed by atoms with van der Waals surface area (Å²) in [7, 11) is 8.26. The van der Waals surface area contributed by atoms with Crippen molar-refractivity contribution in [3.8, 4) is 45.0 Å². The van der Waals surface area contributed by atoms with Crippen molar-refractivity contribution in [2.45, 2.75) is 176 Å². The summed E-state index contributed by atoms with van der Waals surface area (Å²) < 4.78 is 65.5. The van der Waals surface area contributed by atoms with Crippen LogP contribution < -0.4 is 10.6 Å². The average molecular weight is 1920 g/mol. The molecule has 0 aliphatic carbocycles. The number of methoxy groups -OCH3 is 1. The molecule has 16 rings (SSSR count). The Kier molecular flexibility index (Phi) is 29.6. The fraction of sp³-hybridized carbons (Fsp3) is 0.431. The van der Waals surface area contributed by atoms with Crippen LogP contribution in [-0.2, 0) is 49.7 Å². The van der Waals surface area contributed by atoms with E-state index in [1.165, 1.54) is 88.6 Å². The summed E-state index contributed by atoms with van der Waals surface area (Å²) in [5.74, 6) is -4.10. The van der Waals surface area contributed by atoms with E-state index in [0.717, 1.165) is 33.4 Å². The van der Waals surface area contributed by atoms with Crippen molar-refractivity contribution in [2.24, 2.45) is 5.92 Å². The number of nitrogens with one attached hydrogen (secondary N) is 2. The number of amides is 10. The van der Waals surface area contributed by atoms with Crippen molar-refractivity contribution in [1.29, 1.82) is 0 Å². The van der Waals surface area contributed by atoms with Crippen LogP contribution in [0, 0.1) is 29.2 Å². The third-order valence-electron chi connectivity index (χ3n) is 25.9. The highest BCUT2D eigenvalue weighted by Crippen LogP contribution is 2.38. The number of ether oxygens (including phenoxy) is 1. The molecule has 0 bridgehead atoms. The lowest BCUT2D eigenvalue weighted by Gasteiger charge is -2.45. The molecule has 10 amide bonds. The Morgan fingerprint density at radius 3 is 1.22 bits per heavy atom. The Labute approximate surface area is 809 Å². The van der Waals surface area contributed by atoms with Gasteiger partial charge in [-0.2, -0.15) is 20.4 Å². The van der Waals surface area contributed by atoms with Crippen LogP contribution in [0.15, 0.2) is 146 Å². The van der Waals surface area contributed by atoms with Crippen LogP contribution >= 0.6 is 0 Å². The van der Waals surface area contributed by atoms with Crippen LogP contribution in [0.2, 0.25) is 0 Å². The molecule has 38 heteroatoms. The molecule has 8 aromatic heterocycles. The second-order valence-corrected chi connectivity index (χ2v) is 40.4. The number of carbonyl (C=O) groups is 10. The van der Waals surface area contributed by atoms with E-state index >= 15 is 0 Å². The molecule has 34 nitrogen and oxygen atoms in total. The number of rotatable bonds is 18. The fourth-order valence-corrected chi connectivity index (χ4v) is 17.4. The van der Waals surface area contributed by atoms with Gasteiger partial charge in [0.2, 0.25) is 29.5 Å². The molecule has 0 radical (unpaired) electrons. The largest absolute Gasteiger partial charge is 0.384 e. The number of carbonyl (C=O) groups excluding carboxylic acids is 10. The van der Waals surface area contributed by atoms with Crippen molar-refractivity contribution in [3.63, 3.8) is 0 Å².